The number of rotatable bonds is 3. The van der Waals surface area contributed by atoms with Crippen LogP contribution in [0.15, 0.2) is 36.4 Å². The molecule has 3 rings (SSSR count). The van der Waals surface area contributed by atoms with E-state index in [1.165, 1.54) is 12.1 Å². The maximum absolute atomic E-state index is 12.9. The Labute approximate surface area is 154 Å². The Morgan fingerprint density at radius 2 is 1.96 bits per heavy atom. The van der Waals surface area contributed by atoms with Crippen molar-refractivity contribution < 1.29 is 13.2 Å². The molecule has 0 amide bonds. The lowest BCUT2D eigenvalue weighted by Crippen LogP contribution is -2.42. The first kappa shape index (κ1) is 19.6. The van der Waals surface area contributed by atoms with Gasteiger partial charge in [0.1, 0.15) is 5.82 Å². The van der Waals surface area contributed by atoms with E-state index in [2.05, 4.69) is 15.5 Å². The molecular weight excluding hydrogens is 376 g/mol. The number of halogens is 5. The second kappa shape index (κ2) is 8.10. The molecule has 1 atom stereocenters. The van der Waals surface area contributed by atoms with Crippen LogP contribution < -0.4 is 10.2 Å². The summed E-state index contributed by atoms with van der Waals surface area (Å²) < 4.78 is 38.6. The van der Waals surface area contributed by atoms with Crippen LogP contribution in [0, 0.1) is 0 Å². The minimum atomic E-state index is -4.33. The minimum Gasteiger partial charge on any atom is -0.369 e. The molecule has 1 aliphatic rings. The smallest absolute Gasteiger partial charge is 0.369 e. The molecule has 1 unspecified atom stereocenters. The van der Waals surface area contributed by atoms with Crippen molar-refractivity contribution in [3.63, 3.8) is 0 Å². The third kappa shape index (κ3) is 5.12. The predicted molar refractivity (Wildman–Crippen MR) is 94.6 cm³/mol. The Balaban J connectivity index is 0.00000225. The Morgan fingerprint density at radius 3 is 2.64 bits per heavy atom. The monoisotopic (exact) mass is 392 g/mol. The van der Waals surface area contributed by atoms with Gasteiger partial charge in [0.15, 0.2) is 5.15 Å². The highest BCUT2D eigenvalue weighted by molar-refractivity contribution is 6.29. The van der Waals surface area contributed by atoms with Gasteiger partial charge in [0.2, 0.25) is 0 Å². The summed E-state index contributed by atoms with van der Waals surface area (Å²) >= 11 is 5.71. The topological polar surface area (TPSA) is 41.0 Å². The van der Waals surface area contributed by atoms with Gasteiger partial charge in [0.25, 0.3) is 0 Å². The molecule has 2 aromatic rings. The lowest BCUT2D eigenvalue weighted by molar-refractivity contribution is -0.137. The molecule has 9 heteroatoms. The van der Waals surface area contributed by atoms with Crippen molar-refractivity contribution >= 4 is 35.5 Å². The van der Waals surface area contributed by atoms with Crippen molar-refractivity contribution in [3.05, 3.63) is 47.1 Å². The van der Waals surface area contributed by atoms with Gasteiger partial charge in [0, 0.05) is 24.8 Å². The van der Waals surface area contributed by atoms with Crippen LogP contribution in [-0.4, -0.2) is 29.3 Å². The second-order valence-corrected chi connectivity index (χ2v) is 6.11. The van der Waals surface area contributed by atoms with Crippen molar-refractivity contribution in [2.45, 2.75) is 25.1 Å². The van der Waals surface area contributed by atoms with Crippen LogP contribution in [0.1, 0.15) is 18.4 Å². The van der Waals surface area contributed by atoms with Crippen LogP contribution in [0.25, 0.3) is 0 Å². The normalized spacial score (nSPS) is 17.8. The van der Waals surface area contributed by atoms with Gasteiger partial charge in [-0.05, 0) is 43.2 Å². The summed E-state index contributed by atoms with van der Waals surface area (Å²) in [7, 11) is 0. The fraction of sp³-hybridized carbons (Fsp3) is 0.375. The minimum absolute atomic E-state index is 0. The number of aromatic nitrogens is 2. The number of anilines is 2. The van der Waals surface area contributed by atoms with Gasteiger partial charge in [-0.2, -0.15) is 13.2 Å². The highest BCUT2D eigenvalue weighted by Gasteiger charge is 2.31. The van der Waals surface area contributed by atoms with Gasteiger partial charge < -0.3 is 10.2 Å². The molecular formula is C16H17Cl2F3N4. The van der Waals surface area contributed by atoms with Crippen LogP contribution in [0.5, 0.6) is 0 Å². The Hall–Kier alpha value is -1.73. The number of benzene rings is 1. The second-order valence-electron chi connectivity index (χ2n) is 5.72. The lowest BCUT2D eigenvalue weighted by atomic mass is 10.0. The average molecular weight is 393 g/mol. The molecule has 0 radical (unpaired) electrons. The van der Waals surface area contributed by atoms with Gasteiger partial charge in [-0.3, -0.25) is 0 Å². The van der Waals surface area contributed by atoms with Crippen LogP contribution in [0.3, 0.4) is 0 Å². The highest BCUT2D eigenvalue weighted by atomic mass is 35.5. The van der Waals surface area contributed by atoms with E-state index in [1.807, 2.05) is 4.90 Å². The van der Waals surface area contributed by atoms with Crippen molar-refractivity contribution in [1.29, 1.82) is 0 Å². The Bertz CT molecular complexity index is 695. The van der Waals surface area contributed by atoms with E-state index in [1.54, 1.807) is 18.2 Å². The third-order valence-corrected chi connectivity index (χ3v) is 4.15. The summed E-state index contributed by atoms with van der Waals surface area (Å²) in [6, 6.07) is 8.91. The van der Waals surface area contributed by atoms with Gasteiger partial charge in [-0.1, -0.05) is 17.7 Å². The van der Waals surface area contributed by atoms with Gasteiger partial charge in [-0.15, -0.1) is 22.6 Å². The summed E-state index contributed by atoms with van der Waals surface area (Å²) in [6.07, 6.45) is -2.53. The van der Waals surface area contributed by atoms with Gasteiger partial charge in [0.05, 0.1) is 5.56 Å². The number of piperidine rings is 1. The van der Waals surface area contributed by atoms with Gasteiger partial charge >= 0.3 is 6.18 Å². The van der Waals surface area contributed by atoms with Crippen LogP contribution in [0.2, 0.25) is 5.15 Å². The number of nitrogens with one attached hydrogen (secondary N) is 1. The zero-order valence-electron chi connectivity index (χ0n) is 13.1. The largest absolute Gasteiger partial charge is 0.416 e. The standard InChI is InChI=1S/C16H16ClF3N4.ClH/c17-14-6-7-15(23-22-14)21-12-4-2-8-24(10-12)13-5-1-3-11(9-13)16(18,19)20;/h1,3,5-7,9,12H,2,4,8,10H2,(H,21,23);1H. The van der Waals surface area contributed by atoms with E-state index in [-0.39, 0.29) is 18.4 Å². The Morgan fingerprint density at radius 1 is 1.16 bits per heavy atom. The summed E-state index contributed by atoms with van der Waals surface area (Å²) in [5.74, 6) is 0.607. The van der Waals surface area contributed by atoms with Gasteiger partial charge in [-0.25, -0.2) is 0 Å². The predicted octanol–water partition coefficient (Wildman–Crippen LogP) is 4.65. The number of hydrogen-bond donors (Lipinski definition) is 1. The van der Waals surface area contributed by atoms with E-state index in [0.717, 1.165) is 25.5 Å². The van der Waals surface area contributed by atoms with Crippen molar-refractivity contribution in [3.8, 4) is 0 Å². The van der Waals surface area contributed by atoms with Crippen molar-refractivity contribution in [1.82, 2.24) is 10.2 Å². The first-order valence-electron chi connectivity index (χ1n) is 7.60. The summed E-state index contributed by atoms with van der Waals surface area (Å²) in [4.78, 5) is 1.96. The first-order chi connectivity index (χ1) is 11.4. The number of alkyl halides is 3. The van der Waals surface area contributed by atoms with Crippen LogP contribution in [0.4, 0.5) is 24.7 Å². The Kier molecular flexibility index (Phi) is 6.35. The summed E-state index contributed by atoms with van der Waals surface area (Å²) in [6.45, 7) is 1.33. The SMILES string of the molecule is Cl.FC(F)(F)c1cccc(N2CCCC(Nc3ccc(Cl)nn3)C2)c1. The van der Waals surface area contributed by atoms with Crippen LogP contribution >= 0.6 is 24.0 Å². The fourth-order valence-corrected chi connectivity index (χ4v) is 2.91. The molecule has 1 aliphatic heterocycles. The maximum atomic E-state index is 12.9. The molecule has 1 saturated heterocycles. The first-order valence-corrected chi connectivity index (χ1v) is 7.97. The van der Waals surface area contributed by atoms with E-state index in [0.29, 0.717) is 23.2 Å². The molecule has 0 aliphatic carbocycles. The molecule has 1 aromatic carbocycles. The molecule has 2 heterocycles. The molecule has 136 valence electrons. The summed E-state index contributed by atoms with van der Waals surface area (Å²) in [5.41, 5.74) is -0.0443. The molecule has 1 N–H and O–H groups in total. The number of nitrogens with zero attached hydrogens (tertiary/aromatic N) is 3. The third-order valence-electron chi connectivity index (χ3n) is 3.94. The lowest BCUT2D eigenvalue weighted by Gasteiger charge is -2.35. The molecule has 0 saturated carbocycles. The zero-order valence-corrected chi connectivity index (χ0v) is 14.7. The molecule has 1 aromatic heterocycles. The highest BCUT2D eigenvalue weighted by Crippen LogP contribution is 2.32. The molecule has 4 nitrogen and oxygen atoms in total. The molecule has 0 bridgehead atoms. The molecule has 0 spiro atoms. The van der Waals surface area contributed by atoms with E-state index >= 15 is 0 Å². The van der Waals surface area contributed by atoms with E-state index in [9.17, 15) is 13.2 Å². The van der Waals surface area contributed by atoms with Crippen molar-refractivity contribution in [2.75, 3.05) is 23.3 Å². The quantitative estimate of drug-likeness (QED) is 0.824. The molecule has 1 fully saturated rings. The number of hydrogen-bond acceptors (Lipinski definition) is 4. The zero-order chi connectivity index (χ0) is 17.2. The van der Waals surface area contributed by atoms with Crippen LogP contribution in [-0.2, 0) is 6.18 Å². The van der Waals surface area contributed by atoms with E-state index < -0.39 is 11.7 Å². The fourth-order valence-electron chi connectivity index (χ4n) is 2.81. The van der Waals surface area contributed by atoms with E-state index in [4.69, 9.17) is 11.6 Å². The maximum Gasteiger partial charge on any atom is 0.416 e. The summed E-state index contributed by atoms with van der Waals surface area (Å²) in [5, 5.41) is 11.3. The average Bonchev–Trinajstić information content (AvgIpc) is 2.57. The molecule has 25 heavy (non-hydrogen) atoms. The van der Waals surface area contributed by atoms with Crippen molar-refractivity contribution in [2.24, 2.45) is 0 Å².